The lowest BCUT2D eigenvalue weighted by Gasteiger charge is -2.35. The SMILES string of the molecule is Cc1nc(-c2csc(OCCCN3CCN(c4nsc5ccccc45)CC3)n2)no1.O=C(O)C(=O)O. The summed E-state index contributed by atoms with van der Waals surface area (Å²) in [5.41, 5.74) is 0.692. The largest absolute Gasteiger partial charge is 0.473 e. The predicted octanol–water partition coefficient (Wildman–Crippen LogP) is 2.86. The van der Waals surface area contributed by atoms with Gasteiger partial charge in [-0.3, -0.25) is 4.90 Å². The minimum atomic E-state index is -1.82. The summed E-state index contributed by atoms with van der Waals surface area (Å²) >= 11 is 3.04. The van der Waals surface area contributed by atoms with Gasteiger partial charge >= 0.3 is 11.9 Å². The van der Waals surface area contributed by atoms with Crippen molar-refractivity contribution in [2.45, 2.75) is 13.3 Å². The van der Waals surface area contributed by atoms with Gasteiger partial charge in [0.25, 0.3) is 5.19 Å². The number of anilines is 1. The lowest BCUT2D eigenvalue weighted by Crippen LogP contribution is -2.47. The molecule has 1 aliphatic heterocycles. The minimum absolute atomic E-state index is 0.504. The van der Waals surface area contributed by atoms with E-state index in [-0.39, 0.29) is 0 Å². The lowest BCUT2D eigenvalue weighted by atomic mass is 10.2. The molecule has 0 radical (unpaired) electrons. The van der Waals surface area contributed by atoms with Gasteiger partial charge in [0.1, 0.15) is 11.5 Å². The maximum atomic E-state index is 9.10. The molecule has 0 amide bonds. The van der Waals surface area contributed by atoms with Crippen LogP contribution in [0.25, 0.3) is 21.6 Å². The van der Waals surface area contributed by atoms with Crippen LogP contribution in [0.2, 0.25) is 0 Å². The second-order valence-electron chi connectivity index (χ2n) is 7.78. The molecule has 0 spiro atoms. The average molecular weight is 533 g/mol. The number of fused-ring (bicyclic) bond motifs is 1. The number of benzene rings is 1. The Morgan fingerprint density at radius 1 is 1.11 bits per heavy atom. The Balaban J connectivity index is 0.000000455. The molecule has 14 heteroatoms. The highest BCUT2D eigenvalue weighted by atomic mass is 32.1. The van der Waals surface area contributed by atoms with E-state index in [1.165, 1.54) is 21.4 Å². The van der Waals surface area contributed by atoms with Crippen molar-refractivity contribution >= 4 is 50.7 Å². The van der Waals surface area contributed by atoms with Gasteiger partial charge in [-0.15, -0.1) is 0 Å². The number of ether oxygens (including phenoxy) is 1. The van der Waals surface area contributed by atoms with Crippen LogP contribution in [0.15, 0.2) is 34.2 Å². The van der Waals surface area contributed by atoms with E-state index in [0.29, 0.717) is 29.2 Å². The van der Waals surface area contributed by atoms with E-state index in [0.717, 1.165) is 45.0 Å². The van der Waals surface area contributed by atoms with Crippen molar-refractivity contribution in [3.8, 4) is 16.7 Å². The zero-order valence-corrected chi connectivity index (χ0v) is 21.0. The number of hydrogen-bond acceptors (Lipinski definition) is 12. The molecule has 1 fully saturated rings. The first-order valence-electron chi connectivity index (χ1n) is 11.1. The van der Waals surface area contributed by atoms with Crippen molar-refractivity contribution in [2.75, 3.05) is 44.2 Å². The average Bonchev–Trinajstić information content (AvgIpc) is 3.62. The molecule has 0 saturated carbocycles. The van der Waals surface area contributed by atoms with E-state index in [9.17, 15) is 0 Å². The number of carboxylic acid groups (broad SMARTS) is 2. The zero-order valence-electron chi connectivity index (χ0n) is 19.4. The highest BCUT2D eigenvalue weighted by molar-refractivity contribution is 7.13. The van der Waals surface area contributed by atoms with Crippen LogP contribution >= 0.6 is 22.9 Å². The maximum absolute atomic E-state index is 9.10. The first-order valence-corrected chi connectivity index (χ1v) is 12.7. The molecule has 2 N–H and O–H groups in total. The third-order valence-corrected chi connectivity index (χ3v) is 6.87. The number of carboxylic acids is 2. The second kappa shape index (κ2) is 11.9. The number of piperazine rings is 1. The van der Waals surface area contributed by atoms with Gasteiger partial charge in [0.15, 0.2) is 0 Å². The van der Waals surface area contributed by atoms with Crippen molar-refractivity contribution < 1.29 is 29.1 Å². The molecule has 5 rings (SSSR count). The molecule has 36 heavy (non-hydrogen) atoms. The van der Waals surface area contributed by atoms with E-state index in [1.807, 2.05) is 5.38 Å². The Labute approximate surface area is 213 Å². The summed E-state index contributed by atoms with van der Waals surface area (Å²) in [4.78, 5) is 31.7. The monoisotopic (exact) mass is 532 g/mol. The first-order chi connectivity index (χ1) is 17.4. The third kappa shape index (κ3) is 6.53. The molecule has 190 valence electrons. The summed E-state index contributed by atoms with van der Waals surface area (Å²) in [5, 5.41) is 22.5. The van der Waals surface area contributed by atoms with E-state index in [1.54, 1.807) is 18.5 Å². The minimum Gasteiger partial charge on any atom is -0.473 e. The van der Waals surface area contributed by atoms with Gasteiger partial charge in [0.05, 0.1) is 11.3 Å². The quantitative estimate of drug-likeness (QED) is 0.265. The summed E-state index contributed by atoms with van der Waals surface area (Å²) in [6, 6.07) is 8.47. The molecule has 0 atom stereocenters. The fourth-order valence-corrected chi connectivity index (χ4v) is 5.03. The lowest BCUT2D eigenvalue weighted by molar-refractivity contribution is -0.159. The van der Waals surface area contributed by atoms with Gasteiger partial charge in [-0.05, 0) is 30.1 Å². The van der Waals surface area contributed by atoms with Crippen molar-refractivity contribution in [3.63, 3.8) is 0 Å². The normalized spacial score (nSPS) is 13.9. The molecule has 1 aromatic carbocycles. The van der Waals surface area contributed by atoms with Crippen LogP contribution in [0.4, 0.5) is 5.82 Å². The fraction of sp³-hybridized carbons (Fsp3) is 0.364. The molecule has 0 unspecified atom stereocenters. The molecule has 1 aliphatic rings. The fourth-order valence-electron chi connectivity index (χ4n) is 3.56. The van der Waals surface area contributed by atoms with Gasteiger partial charge in [-0.1, -0.05) is 28.6 Å². The van der Waals surface area contributed by atoms with Gasteiger partial charge < -0.3 is 24.4 Å². The van der Waals surface area contributed by atoms with Gasteiger partial charge in [-0.25, -0.2) is 9.59 Å². The van der Waals surface area contributed by atoms with E-state index < -0.39 is 11.9 Å². The van der Waals surface area contributed by atoms with Gasteiger partial charge in [0, 0.05) is 50.4 Å². The van der Waals surface area contributed by atoms with Crippen LogP contribution in [0.5, 0.6) is 5.19 Å². The third-order valence-electron chi connectivity index (χ3n) is 5.30. The second-order valence-corrected chi connectivity index (χ2v) is 9.40. The number of aliphatic carboxylic acids is 2. The smallest absolute Gasteiger partial charge is 0.414 e. The number of thiazole rings is 1. The standard InChI is InChI=1S/C20H22N6O2S2.C2H2O4/c1-14-21-18(23-28-14)16-13-29-20(22-16)27-12-4-7-25-8-10-26(11-9-25)19-15-5-2-3-6-17(15)30-24-19;3-1(4)2(5)6/h2-3,5-6,13H,4,7-12H2,1H3;(H,3,4)(H,5,6). The number of aryl methyl sites for hydroxylation is 1. The van der Waals surface area contributed by atoms with Crippen LogP contribution in [0.1, 0.15) is 12.3 Å². The van der Waals surface area contributed by atoms with Crippen LogP contribution in [-0.4, -0.2) is 85.9 Å². The van der Waals surface area contributed by atoms with Gasteiger partial charge in [-0.2, -0.15) is 14.3 Å². The molecule has 0 bridgehead atoms. The molecule has 4 aromatic rings. The highest BCUT2D eigenvalue weighted by Crippen LogP contribution is 2.30. The number of rotatable bonds is 7. The predicted molar refractivity (Wildman–Crippen MR) is 134 cm³/mol. The Hall–Kier alpha value is -3.62. The number of aromatic nitrogens is 4. The molecule has 12 nitrogen and oxygen atoms in total. The van der Waals surface area contributed by atoms with Crippen molar-refractivity contribution in [3.05, 3.63) is 35.5 Å². The Kier molecular flexibility index (Phi) is 8.40. The molecule has 1 saturated heterocycles. The molecule has 4 heterocycles. The van der Waals surface area contributed by atoms with E-state index in [2.05, 4.69) is 53.6 Å². The first kappa shape index (κ1) is 25.5. The number of nitrogens with zero attached hydrogens (tertiary/aromatic N) is 6. The topological polar surface area (TPSA) is 155 Å². The maximum Gasteiger partial charge on any atom is 0.414 e. The summed E-state index contributed by atoms with van der Waals surface area (Å²) in [6.45, 7) is 7.54. The van der Waals surface area contributed by atoms with Crippen molar-refractivity contribution in [2.24, 2.45) is 0 Å². The van der Waals surface area contributed by atoms with Crippen LogP contribution in [0.3, 0.4) is 0 Å². The molecule has 0 aliphatic carbocycles. The molecular weight excluding hydrogens is 508 g/mol. The summed E-state index contributed by atoms with van der Waals surface area (Å²) in [7, 11) is 0. The van der Waals surface area contributed by atoms with Crippen LogP contribution in [-0.2, 0) is 9.59 Å². The van der Waals surface area contributed by atoms with Crippen LogP contribution in [0, 0.1) is 6.92 Å². The molecule has 3 aromatic heterocycles. The Morgan fingerprint density at radius 2 is 1.86 bits per heavy atom. The summed E-state index contributed by atoms with van der Waals surface area (Å²) in [5.74, 6) is -1.48. The Bertz CT molecular complexity index is 1300. The summed E-state index contributed by atoms with van der Waals surface area (Å²) < 4.78 is 16.7. The van der Waals surface area contributed by atoms with E-state index >= 15 is 0 Å². The van der Waals surface area contributed by atoms with Crippen molar-refractivity contribution in [1.82, 2.24) is 24.4 Å². The van der Waals surface area contributed by atoms with Crippen LogP contribution < -0.4 is 9.64 Å². The van der Waals surface area contributed by atoms with Gasteiger partial charge in [0.2, 0.25) is 11.7 Å². The van der Waals surface area contributed by atoms with Crippen molar-refractivity contribution in [1.29, 1.82) is 0 Å². The highest BCUT2D eigenvalue weighted by Gasteiger charge is 2.20. The molecular formula is C22H24N6O6S2. The van der Waals surface area contributed by atoms with E-state index in [4.69, 9.17) is 29.1 Å². The number of hydrogen-bond donors (Lipinski definition) is 2. The number of carbonyl (C=O) groups is 2. The zero-order chi connectivity index (χ0) is 25.5. The Morgan fingerprint density at radius 3 is 2.56 bits per heavy atom. The summed E-state index contributed by atoms with van der Waals surface area (Å²) in [6.07, 6.45) is 0.968.